The predicted molar refractivity (Wildman–Crippen MR) is 95.7 cm³/mol. The van der Waals surface area contributed by atoms with Gasteiger partial charge in [0.2, 0.25) is 0 Å². The van der Waals surface area contributed by atoms with Crippen molar-refractivity contribution in [3.05, 3.63) is 32.5 Å². The summed E-state index contributed by atoms with van der Waals surface area (Å²) in [5.74, 6) is 0. The van der Waals surface area contributed by atoms with Gasteiger partial charge < -0.3 is 32.5 Å². The molecule has 2 radical (unpaired) electrons. The third kappa shape index (κ3) is 279000. The van der Waals surface area contributed by atoms with Crippen LogP contribution in [0.1, 0.15) is 0 Å². The molecule has 0 aliphatic carbocycles. The van der Waals surface area contributed by atoms with Gasteiger partial charge in [0, 0.05) is 0 Å². The maximum Gasteiger partial charge on any atom is 3.00 e. The van der Waals surface area contributed by atoms with Gasteiger partial charge >= 0.3 is 34.7 Å². The van der Waals surface area contributed by atoms with Gasteiger partial charge in [-0.15, -0.1) is 0 Å². The predicted octanol–water partition coefficient (Wildman–Crippen LogP) is 3.95. The van der Waals surface area contributed by atoms with Crippen molar-refractivity contribution in [2.45, 2.75) is 0 Å². The molecule has 0 amide bonds. The molecule has 0 rings (SSSR count). The molecule has 0 aromatic heterocycles. The van der Waals surface area contributed by atoms with Gasteiger partial charge in [-0.1, -0.05) is 73.3 Å². The molecule has 0 N–H and O–H groups in total. The number of hydrogen-bond acceptors (Lipinski definition) is 6. The maximum atomic E-state index is 7.13. The smallest absolute Gasteiger partial charge is 0.753 e. The van der Waals surface area contributed by atoms with Crippen molar-refractivity contribution in [1.82, 2.24) is 0 Å². The van der Waals surface area contributed by atoms with Crippen LogP contribution in [0.5, 0.6) is 0 Å². The molecular weight excluding hydrogens is 453 g/mol. The molecule has 20 heavy (non-hydrogen) atoms. The number of rotatable bonds is 0. The Labute approximate surface area is 170 Å². The Hall–Kier alpha value is -0.135. The monoisotopic (exact) mass is 452 g/mol. The molecule has 0 aliphatic heterocycles. The molecule has 6 nitrogen and oxygen atoms in total. The van der Waals surface area contributed by atoms with Crippen molar-refractivity contribution in [1.29, 1.82) is 0 Å². The van der Waals surface area contributed by atoms with Crippen LogP contribution in [-0.4, -0.2) is 31.0 Å². The van der Waals surface area contributed by atoms with Crippen molar-refractivity contribution in [3.8, 4) is 0 Å². The normalized spacial score (nSPS) is 2.40. The van der Waals surface area contributed by atoms with E-state index < -0.39 is 0 Å². The second-order valence-corrected chi connectivity index (χ2v) is 1.64. The van der Waals surface area contributed by atoms with Crippen LogP contribution in [-0.2, 0) is 34.7 Å². The van der Waals surface area contributed by atoms with E-state index >= 15 is 0 Å². The Morgan fingerprint density at radius 1 is 0.350 bits per heavy atom. The minimum absolute atomic E-state index is 0. The number of isothiocyanates is 6. The molecule has 102 valence electrons. The van der Waals surface area contributed by atoms with Gasteiger partial charge in [-0.2, -0.15) is 31.0 Å². The zero-order valence-electron chi connectivity index (χ0n) is 8.95. The molecule has 0 atom stereocenters. The third-order valence-electron chi connectivity index (χ3n) is 0. The average Bonchev–Trinajstić information content (AvgIpc) is 2.23. The van der Waals surface area contributed by atoms with Gasteiger partial charge in [0.1, 0.15) is 0 Å². The Morgan fingerprint density at radius 2 is 0.350 bits per heavy atom. The number of nitrogens with zero attached hydrogens (tertiary/aromatic N) is 6. The van der Waals surface area contributed by atoms with Crippen molar-refractivity contribution in [3.63, 3.8) is 0 Å². The fourth-order valence-corrected chi connectivity index (χ4v) is 0. The molecule has 0 aromatic rings. The van der Waals surface area contributed by atoms with Gasteiger partial charge in [0.05, 0.1) is 0 Å². The molecular formula is C6Cr2N6S6. The summed E-state index contributed by atoms with van der Waals surface area (Å²) in [6, 6.07) is 0. The van der Waals surface area contributed by atoms with Gasteiger partial charge in [-0.3, -0.25) is 0 Å². The van der Waals surface area contributed by atoms with E-state index in [1.54, 1.807) is 0 Å². The molecule has 0 spiro atoms. The van der Waals surface area contributed by atoms with Crippen LogP contribution in [0.2, 0.25) is 0 Å². The van der Waals surface area contributed by atoms with Crippen LogP contribution >= 0.6 is 73.3 Å². The average molecular weight is 453 g/mol. The molecule has 0 saturated carbocycles. The van der Waals surface area contributed by atoms with E-state index in [1.807, 2.05) is 0 Å². The minimum atomic E-state index is 0. The van der Waals surface area contributed by atoms with Crippen LogP contribution in [0, 0.1) is 0 Å². The molecule has 0 saturated heterocycles. The second kappa shape index (κ2) is 175. The first-order chi connectivity index (χ1) is 8.49. The fourth-order valence-electron chi connectivity index (χ4n) is 0. The van der Waals surface area contributed by atoms with E-state index in [4.69, 9.17) is 32.5 Å². The molecule has 0 unspecified atom stereocenters. The first-order valence-corrected chi connectivity index (χ1v) is 5.02. The topological polar surface area (TPSA) is 134 Å². The quantitative estimate of drug-likeness (QED) is 0.403. The summed E-state index contributed by atoms with van der Waals surface area (Å²) in [4.78, 5) is 0. The Morgan fingerprint density at radius 3 is 0.350 bits per heavy atom. The second-order valence-electron chi connectivity index (χ2n) is 0.548. The van der Waals surface area contributed by atoms with Gasteiger partial charge in [0.25, 0.3) is 0 Å². The van der Waals surface area contributed by atoms with Crippen molar-refractivity contribution in [2.24, 2.45) is 0 Å². The maximum absolute atomic E-state index is 7.13. The van der Waals surface area contributed by atoms with E-state index in [0.29, 0.717) is 0 Å². The molecule has 14 heteroatoms. The summed E-state index contributed by atoms with van der Waals surface area (Å²) < 4.78 is 0. The standard InChI is InChI=1S/6CNS.2Cr/c6*2-1-3;;/q6*-1;2*+3. The van der Waals surface area contributed by atoms with Gasteiger partial charge in [-0.25, -0.2) is 0 Å². The molecule has 0 heterocycles. The number of thiocarbonyl (C=S) groups is 6. The van der Waals surface area contributed by atoms with Crippen LogP contribution < -0.4 is 0 Å². The zero-order chi connectivity index (χ0) is 16.2. The number of hydrogen-bond donors (Lipinski definition) is 0. The molecule has 0 bridgehead atoms. The van der Waals surface area contributed by atoms with Crippen LogP contribution in [0.4, 0.5) is 0 Å². The Balaban J connectivity index is -0.0000000141. The largest absolute Gasteiger partial charge is 3.00 e. The van der Waals surface area contributed by atoms with Crippen LogP contribution in [0.15, 0.2) is 0 Å². The first kappa shape index (κ1) is 50.2. The van der Waals surface area contributed by atoms with Crippen LogP contribution in [0.25, 0.3) is 32.5 Å². The SMILES string of the molecule is [Cr+3].[Cr+3].[N-]=C=S.[N-]=C=S.[N-]=C=S.[N-]=C=S.[N-]=C=S.[N-]=C=S. The van der Waals surface area contributed by atoms with Gasteiger partial charge in [-0.05, 0) is 0 Å². The zero-order valence-corrected chi connectivity index (χ0v) is 16.4. The van der Waals surface area contributed by atoms with Crippen molar-refractivity contribution < 1.29 is 34.7 Å². The van der Waals surface area contributed by atoms with Crippen molar-refractivity contribution >= 4 is 104 Å². The summed E-state index contributed by atoms with van der Waals surface area (Å²) in [6.45, 7) is 0. The minimum Gasteiger partial charge on any atom is -0.753 e. The van der Waals surface area contributed by atoms with Crippen LogP contribution in [0.3, 0.4) is 0 Å². The van der Waals surface area contributed by atoms with E-state index in [0.717, 1.165) is 0 Å². The molecule has 0 fully saturated rings. The summed E-state index contributed by atoms with van der Waals surface area (Å²) in [6.07, 6.45) is 0. The summed E-state index contributed by atoms with van der Waals surface area (Å²) >= 11 is 22.2. The van der Waals surface area contributed by atoms with E-state index in [-0.39, 0.29) is 34.7 Å². The van der Waals surface area contributed by atoms with E-state index in [1.165, 1.54) is 31.0 Å². The first-order valence-electron chi connectivity index (χ1n) is 2.57. The van der Waals surface area contributed by atoms with Gasteiger partial charge in [0.15, 0.2) is 0 Å². The van der Waals surface area contributed by atoms with Crippen molar-refractivity contribution in [2.75, 3.05) is 0 Å². The fraction of sp³-hybridized carbons (Fsp3) is 0. The summed E-state index contributed by atoms with van der Waals surface area (Å²) in [7, 11) is 0. The summed E-state index contributed by atoms with van der Waals surface area (Å²) in [5, 5.41) is 50.8. The van der Waals surface area contributed by atoms with E-state index in [9.17, 15) is 0 Å². The van der Waals surface area contributed by atoms with E-state index in [2.05, 4.69) is 73.3 Å². The Bertz CT molecular complexity index is 257. The molecule has 0 aromatic carbocycles. The third-order valence-corrected chi connectivity index (χ3v) is 0. The summed E-state index contributed by atoms with van der Waals surface area (Å²) in [5.41, 5.74) is 0. The molecule has 0 aliphatic rings. The Kier molecular flexibility index (Phi) is 440.